The minimum absolute atomic E-state index is 0.268. The number of benzene rings is 1. The molecule has 0 radical (unpaired) electrons. The van der Waals surface area contributed by atoms with Crippen LogP contribution in [0.2, 0.25) is 0 Å². The van der Waals surface area contributed by atoms with Crippen molar-refractivity contribution >= 4 is 11.6 Å². The molecule has 0 aliphatic heterocycles. The second-order valence-electron chi connectivity index (χ2n) is 2.92. The van der Waals surface area contributed by atoms with Gasteiger partial charge in [0.2, 0.25) is 0 Å². The molecule has 6 nitrogen and oxygen atoms in total. The Hall–Kier alpha value is -2.37. The van der Waals surface area contributed by atoms with Gasteiger partial charge in [0.05, 0.1) is 23.6 Å². The van der Waals surface area contributed by atoms with E-state index in [-0.39, 0.29) is 11.3 Å². The highest BCUT2D eigenvalue weighted by molar-refractivity contribution is 5.99. The number of rotatable bonds is 2. The van der Waals surface area contributed by atoms with Gasteiger partial charge in [0.15, 0.2) is 0 Å². The number of aromatic nitrogens is 3. The highest BCUT2D eigenvalue weighted by Crippen LogP contribution is 2.19. The van der Waals surface area contributed by atoms with Crippen LogP contribution in [0.3, 0.4) is 0 Å². The van der Waals surface area contributed by atoms with Crippen LogP contribution in [0.1, 0.15) is 10.4 Å². The van der Waals surface area contributed by atoms with Crippen molar-refractivity contribution in [3.05, 3.63) is 36.2 Å². The summed E-state index contributed by atoms with van der Waals surface area (Å²) in [6.07, 6.45) is 3.05. The predicted molar refractivity (Wildman–Crippen MR) is 54.3 cm³/mol. The van der Waals surface area contributed by atoms with Crippen LogP contribution in [0.15, 0.2) is 30.6 Å². The summed E-state index contributed by atoms with van der Waals surface area (Å²) >= 11 is 0. The van der Waals surface area contributed by atoms with Crippen molar-refractivity contribution in [2.24, 2.45) is 5.73 Å². The van der Waals surface area contributed by atoms with Crippen LogP contribution in [0, 0.1) is 0 Å². The molecule has 6 heteroatoms. The van der Waals surface area contributed by atoms with Crippen molar-refractivity contribution in [2.45, 2.75) is 0 Å². The molecule has 0 saturated carbocycles. The molecular formula is C9H9N5O. The second kappa shape index (κ2) is 3.41. The van der Waals surface area contributed by atoms with Gasteiger partial charge in [-0.05, 0) is 12.1 Å². The highest BCUT2D eigenvalue weighted by Gasteiger charge is 2.11. The van der Waals surface area contributed by atoms with E-state index in [0.717, 1.165) is 0 Å². The van der Waals surface area contributed by atoms with Crippen molar-refractivity contribution in [2.75, 3.05) is 5.73 Å². The van der Waals surface area contributed by atoms with E-state index in [1.54, 1.807) is 18.2 Å². The smallest absolute Gasteiger partial charge is 0.250 e. The normalized spacial score (nSPS) is 10.1. The van der Waals surface area contributed by atoms with Gasteiger partial charge >= 0.3 is 0 Å². The van der Waals surface area contributed by atoms with Crippen molar-refractivity contribution in [1.29, 1.82) is 0 Å². The van der Waals surface area contributed by atoms with E-state index in [4.69, 9.17) is 11.5 Å². The first-order chi connectivity index (χ1) is 7.20. The fourth-order valence-corrected chi connectivity index (χ4v) is 1.28. The van der Waals surface area contributed by atoms with E-state index < -0.39 is 5.91 Å². The lowest BCUT2D eigenvalue weighted by Crippen LogP contribution is -2.15. The molecule has 2 rings (SSSR count). The standard InChI is InChI=1S/C9H9N5O/c10-8-6(9(11)15)2-1-3-7(8)14-12-4-5-13-14/h1-5H,10H2,(H2,11,15). The zero-order valence-electron chi connectivity index (χ0n) is 7.79. The molecule has 4 N–H and O–H groups in total. The molecule has 0 aliphatic carbocycles. The molecule has 15 heavy (non-hydrogen) atoms. The van der Waals surface area contributed by atoms with Crippen LogP contribution in [-0.4, -0.2) is 20.9 Å². The van der Waals surface area contributed by atoms with Crippen molar-refractivity contribution < 1.29 is 4.79 Å². The number of hydrogen-bond donors (Lipinski definition) is 2. The summed E-state index contributed by atoms with van der Waals surface area (Å²) in [6.45, 7) is 0. The van der Waals surface area contributed by atoms with Gasteiger partial charge in [-0.2, -0.15) is 10.2 Å². The van der Waals surface area contributed by atoms with Crippen LogP contribution in [-0.2, 0) is 0 Å². The van der Waals surface area contributed by atoms with Crippen LogP contribution >= 0.6 is 0 Å². The SMILES string of the molecule is NC(=O)c1cccc(-n2nccn2)c1N. The summed E-state index contributed by atoms with van der Waals surface area (Å²) in [5.41, 5.74) is 12.0. The van der Waals surface area contributed by atoms with Gasteiger partial charge in [0, 0.05) is 0 Å². The third-order valence-corrected chi connectivity index (χ3v) is 1.98. The molecule has 0 fully saturated rings. The third kappa shape index (κ3) is 1.52. The van der Waals surface area contributed by atoms with E-state index in [9.17, 15) is 4.79 Å². The van der Waals surface area contributed by atoms with Crippen LogP contribution < -0.4 is 11.5 Å². The van der Waals surface area contributed by atoms with E-state index in [1.807, 2.05) is 0 Å². The molecule has 0 aliphatic rings. The molecule has 1 aromatic heterocycles. The van der Waals surface area contributed by atoms with Crippen LogP contribution in [0.25, 0.3) is 5.69 Å². The summed E-state index contributed by atoms with van der Waals surface area (Å²) in [6, 6.07) is 4.95. The zero-order chi connectivity index (χ0) is 10.8. The molecular weight excluding hydrogens is 194 g/mol. The lowest BCUT2D eigenvalue weighted by Gasteiger charge is -2.06. The molecule has 2 aromatic rings. The summed E-state index contributed by atoms with van der Waals surface area (Å²) < 4.78 is 0. The Labute approximate surface area is 85.5 Å². The first-order valence-electron chi connectivity index (χ1n) is 4.25. The van der Waals surface area contributed by atoms with Crippen molar-refractivity contribution in [3.63, 3.8) is 0 Å². The fraction of sp³-hybridized carbons (Fsp3) is 0. The van der Waals surface area contributed by atoms with Gasteiger partial charge < -0.3 is 11.5 Å². The average Bonchev–Trinajstić information content (AvgIpc) is 2.70. The maximum Gasteiger partial charge on any atom is 0.250 e. The quantitative estimate of drug-likeness (QED) is 0.668. The van der Waals surface area contributed by atoms with E-state index >= 15 is 0 Å². The van der Waals surface area contributed by atoms with E-state index in [1.165, 1.54) is 17.2 Å². The van der Waals surface area contributed by atoms with Gasteiger partial charge in [0.25, 0.3) is 5.91 Å². The molecule has 1 heterocycles. The summed E-state index contributed by atoms with van der Waals surface area (Å²) in [5, 5.41) is 7.84. The minimum Gasteiger partial charge on any atom is -0.396 e. The Morgan fingerprint density at radius 3 is 2.53 bits per heavy atom. The van der Waals surface area contributed by atoms with Gasteiger partial charge in [-0.1, -0.05) is 6.07 Å². The largest absolute Gasteiger partial charge is 0.396 e. The van der Waals surface area contributed by atoms with Gasteiger partial charge in [-0.15, -0.1) is 4.80 Å². The minimum atomic E-state index is -0.568. The fourth-order valence-electron chi connectivity index (χ4n) is 1.28. The Morgan fingerprint density at radius 2 is 1.93 bits per heavy atom. The molecule has 0 atom stereocenters. The average molecular weight is 203 g/mol. The summed E-state index contributed by atoms with van der Waals surface area (Å²) in [7, 11) is 0. The molecule has 0 spiro atoms. The number of hydrogen-bond acceptors (Lipinski definition) is 4. The predicted octanol–water partition coefficient (Wildman–Crippen LogP) is -0.0516. The monoisotopic (exact) mass is 203 g/mol. The first kappa shape index (κ1) is 9.20. The van der Waals surface area contributed by atoms with Crippen LogP contribution in [0.5, 0.6) is 0 Å². The van der Waals surface area contributed by atoms with E-state index in [0.29, 0.717) is 5.69 Å². The van der Waals surface area contributed by atoms with Crippen LogP contribution in [0.4, 0.5) is 5.69 Å². The van der Waals surface area contributed by atoms with Crippen molar-refractivity contribution in [3.8, 4) is 5.69 Å². The number of para-hydroxylation sites is 1. The number of amides is 1. The topological polar surface area (TPSA) is 99.8 Å². The number of nitrogens with two attached hydrogens (primary N) is 2. The highest BCUT2D eigenvalue weighted by atomic mass is 16.1. The van der Waals surface area contributed by atoms with Gasteiger partial charge in [-0.3, -0.25) is 4.79 Å². The Morgan fingerprint density at radius 1 is 1.27 bits per heavy atom. The van der Waals surface area contributed by atoms with Crippen molar-refractivity contribution in [1.82, 2.24) is 15.0 Å². The van der Waals surface area contributed by atoms with Gasteiger partial charge in [0.1, 0.15) is 5.69 Å². The summed E-state index contributed by atoms with van der Waals surface area (Å²) in [4.78, 5) is 12.4. The number of carbonyl (C=O) groups excluding carboxylic acids is 1. The Bertz CT molecular complexity index is 491. The zero-order valence-corrected chi connectivity index (χ0v) is 7.79. The lowest BCUT2D eigenvalue weighted by molar-refractivity contribution is 0.100. The molecule has 0 bridgehead atoms. The van der Waals surface area contributed by atoms with Gasteiger partial charge in [-0.25, -0.2) is 0 Å². The number of anilines is 1. The molecule has 0 unspecified atom stereocenters. The molecule has 0 saturated heterocycles. The Balaban J connectivity index is 2.59. The second-order valence-corrected chi connectivity index (χ2v) is 2.92. The number of primary amides is 1. The molecule has 1 amide bonds. The lowest BCUT2D eigenvalue weighted by atomic mass is 10.1. The maximum absolute atomic E-state index is 11.0. The molecule has 76 valence electrons. The third-order valence-electron chi connectivity index (χ3n) is 1.98. The number of nitrogen functional groups attached to an aromatic ring is 1. The first-order valence-corrected chi connectivity index (χ1v) is 4.25. The van der Waals surface area contributed by atoms with E-state index in [2.05, 4.69) is 10.2 Å². The maximum atomic E-state index is 11.0. The Kier molecular flexibility index (Phi) is 2.09. The summed E-state index contributed by atoms with van der Waals surface area (Å²) in [5.74, 6) is -0.568. The molecule has 1 aromatic carbocycles. The number of carbonyl (C=O) groups is 1. The number of nitrogens with zero attached hydrogens (tertiary/aromatic N) is 3.